The fourth-order valence-electron chi connectivity index (χ4n) is 2.47. The van der Waals surface area contributed by atoms with Crippen LogP contribution < -0.4 is 16.2 Å². The van der Waals surface area contributed by atoms with Crippen molar-refractivity contribution in [2.24, 2.45) is 17.4 Å². The van der Waals surface area contributed by atoms with E-state index >= 15 is 0 Å². The van der Waals surface area contributed by atoms with Gasteiger partial charge in [0.15, 0.2) is 0 Å². The van der Waals surface area contributed by atoms with Crippen LogP contribution in [-0.2, 0) is 5.41 Å². The largest absolute Gasteiger partial charge is 0.494 e. The average Bonchev–Trinajstić information content (AvgIpc) is 2.39. The lowest BCUT2D eigenvalue weighted by Crippen LogP contribution is -2.28. The maximum atomic E-state index is 5.82. The zero-order valence-electron chi connectivity index (χ0n) is 13.6. The van der Waals surface area contributed by atoms with Crippen LogP contribution in [-0.4, -0.2) is 19.7 Å². The minimum Gasteiger partial charge on any atom is -0.494 e. The molecule has 0 aliphatic rings. The molecular weight excluding hydrogens is 248 g/mol. The van der Waals surface area contributed by atoms with Crippen molar-refractivity contribution in [3.63, 3.8) is 0 Å². The fourth-order valence-corrected chi connectivity index (χ4v) is 2.47. The van der Waals surface area contributed by atoms with Crippen molar-refractivity contribution < 1.29 is 4.74 Å². The first-order valence-electron chi connectivity index (χ1n) is 7.52. The monoisotopic (exact) mass is 278 g/mol. The van der Waals surface area contributed by atoms with Gasteiger partial charge in [-0.15, -0.1) is 0 Å². The summed E-state index contributed by atoms with van der Waals surface area (Å²) in [5.74, 6) is 1.66. The lowest BCUT2D eigenvalue weighted by molar-refractivity contribution is 0.329. The van der Waals surface area contributed by atoms with Crippen LogP contribution in [0.15, 0.2) is 18.2 Å². The zero-order chi connectivity index (χ0) is 15.3. The smallest absolute Gasteiger partial charge is 0.123 e. The van der Waals surface area contributed by atoms with E-state index in [-0.39, 0.29) is 5.41 Å². The Morgan fingerprint density at radius 3 is 2.20 bits per heavy atom. The Morgan fingerprint density at radius 2 is 1.75 bits per heavy atom. The number of hydrogen-bond donors (Lipinski definition) is 2. The second-order valence-electron chi connectivity index (χ2n) is 6.46. The van der Waals surface area contributed by atoms with Crippen molar-refractivity contribution in [3.05, 3.63) is 29.3 Å². The van der Waals surface area contributed by atoms with Gasteiger partial charge < -0.3 is 16.2 Å². The van der Waals surface area contributed by atoms with E-state index in [2.05, 4.69) is 45.9 Å². The highest BCUT2D eigenvalue weighted by Gasteiger charge is 2.22. The SMILES string of the molecule is CCOc1ccc(C(C)C(CN)CN)cc1C(C)(C)C. The Balaban J connectivity index is 3.18. The maximum absolute atomic E-state index is 5.82. The van der Waals surface area contributed by atoms with E-state index in [1.165, 1.54) is 11.1 Å². The first-order chi connectivity index (χ1) is 9.35. The van der Waals surface area contributed by atoms with E-state index in [0.29, 0.717) is 31.5 Å². The molecule has 0 saturated heterocycles. The highest BCUT2D eigenvalue weighted by molar-refractivity contribution is 5.42. The molecule has 20 heavy (non-hydrogen) atoms. The van der Waals surface area contributed by atoms with E-state index in [1.54, 1.807) is 0 Å². The molecule has 0 saturated carbocycles. The van der Waals surface area contributed by atoms with Crippen LogP contribution in [0.5, 0.6) is 5.75 Å². The van der Waals surface area contributed by atoms with Gasteiger partial charge in [-0.05, 0) is 54.5 Å². The third-order valence-corrected chi connectivity index (χ3v) is 3.95. The fraction of sp³-hybridized carbons (Fsp3) is 0.647. The molecule has 0 fully saturated rings. The molecule has 1 aromatic rings. The number of hydrogen-bond acceptors (Lipinski definition) is 3. The summed E-state index contributed by atoms with van der Waals surface area (Å²) in [6.07, 6.45) is 0. The van der Waals surface area contributed by atoms with Crippen molar-refractivity contribution in [3.8, 4) is 5.75 Å². The Hall–Kier alpha value is -1.06. The van der Waals surface area contributed by atoms with Crippen LogP contribution in [0.3, 0.4) is 0 Å². The Kier molecular flexibility index (Phi) is 6.03. The summed E-state index contributed by atoms with van der Waals surface area (Å²) in [4.78, 5) is 0. The highest BCUT2D eigenvalue weighted by atomic mass is 16.5. The molecule has 1 rings (SSSR count). The van der Waals surface area contributed by atoms with Crippen molar-refractivity contribution in [2.75, 3.05) is 19.7 Å². The van der Waals surface area contributed by atoms with Crippen LogP contribution in [0.2, 0.25) is 0 Å². The topological polar surface area (TPSA) is 61.3 Å². The molecule has 0 aromatic heterocycles. The molecule has 0 spiro atoms. The Bertz CT molecular complexity index is 419. The number of benzene rings is 1. The predicted octanol–water partition coefficient (Wildman–Crippen LogP) is 3.02. The molecule has 0 amide bonds. The van der Waals surface area contributed by atoms with Crippen molar-refractivity contribution >= 4 is 0 Å². The molecule has 0 radical (unpaired) electrons. The van der Waals surface area contributed by atoms with Gasteiger partial charge in [-0.1, -0.05) is 39.8 Å². The molecule has 1 atom stereocenters. The Morgan fingerprint density at radius 1 is 1.15 bits per heavy atom. The van der Waals surface area contributed by atoms with E-state index in [0.717, 1.165) is 5.75 Å². The normalized spacial score (nSPS) is 13.6. The van der Waals surface area contributed by atoms with Gasteiger partial charge >= 0.3 is 0 Å². The first kappa shape index (κ1) is 17.0. The van der Waals surface area contributed by atoms with Gasteiger partial charge in [0, 0.05) is 0 Å². The average molecular weight is 278 g/mol. The van der Waals surface area contributed by atoms with E-state index < -0.39 is 0 Å². The molecule has 114 valence electrons. The maximum Gasteiger partial charge on any atom is 0.123 e. The molecule has 0 aliphatic heterocycles. The molecule has 1 aromatic carbocycles. The lowest BCUT2D eigenvalue weighted by atomic mass is 9.81. The zero-order valence-corrected chi connectivity index (χ0v) is 13.6. The van der Waals surface area contributed by atoms with Crippen molar-refractivity contribution in [2.45, 2.75) is 46.0 Å². The van der Waals surface area contributed by atoms with Crippen molar-refractivity contribution in [1.29, 1.82) is 0 Å². The van der Waals surface area contributed by atoms with Crippen LogP contribution >= 0.6 is 0 Å². The van der Waals surface area contributed by atoms with E-state index in [9.17, 15) is 0 Å². The van der Waals surface area contributed by atoms with Gasteiger partial charge in [0.05, 0.1) is 6.61 Å². The van der Waals surface area contributed by atoms with E-state index in [4.69, 9.17) is 16.2 Å². The summed E-state index contributed by atoms with van der Waals surface area (Å²) in [6.45, 7) is 12.8. The molecule has 4 N–H and O–H groups in total. The summed E-state index contributed by atoms with van der Waals surface area (Å²) in [7, 11) is 0. The molecule has 0 heterocycles. The third kappa shape index (κ3) is 3.97. The van der Waals surface area contributed by atoms with Gasteiger partial charge in [-0.25, -0.2) is 0 Å². The first-order valence-corrected chi connectivity index (χ1v) is 7.52. The third-order valence-electron chi connectivity index (χ3n) is 3.95. The quantitative estimate of drug-likeness (QED) is 0.841. The number of ether oxygens (including phenoxy) is 1. The molecule has 1 unspecified atom stereocenters. The minimum atomic E-state index is 0.0567. The van der Waals surface area contributed by atoms with Gasteiger partial charge in [-0.3, -0.25) is 0 Å². The summed E-state index contributed by atoms with van der Waals surface area (Å²) in [6, 6.07) is 6.48. The lowest BCUT2D eigenvalue weighted by Gasteiger charge is -2.27. The predicted molar refractivity (Wildman–Crippen MR) is 86.3 cm³/mol. The van der Waals surface area contributed by atoms with Crippen LogP contribution in [0.4, 0.5) is 0 Å². The second kappa shape index (κ2) is 7.09. The summed E-state index contributed by atoms with van der Waals surface area (Å²) in [5, 5.41) is 0. The van der Waals surface area contributed by atoms with Gasteiger partial charge in [0.1, 0.15) is 5.75 Å². The van der Waals surface area contributed by atoms with Crippen molar-refractivity contribution in [1.82, 2.24) is 0 Å². The Labute approximate surface area is 123 Å². The molecular formula is C17H30N2O. The van der Waals surface area contributed by atoms with E-state index in [1.807, 2.05) is 6.92 Å². The minimum absolute atomic E-state index is 0.0567. The van der Waals surface area contributed by atoms with Crippen LogP contribution in [0.25, 0.3) is 0 Å². The standard InChI is InChI=1S/C17H30N2O/c1-6-20-16-8-7-13(9-15(16)17(3,4)5)12(2)14(10-18)11-19/h7-9,12,14H,6,10-11,18-19H2,1-5H3. The molecule has 0 bridgehead atoms. The van der Waals surface area contributed by atoms with Gasteiger partial charge in [-0.2, -0.15) is 0 Å². The molecule has 3 heteroatoms. The molecule has 3 nitrogen and oxygen atoms in total. The van der Waals surface area contributed by atoms with Crippen LogP contribution in [0, 0.1) is 5.92 Å². The number of nitrogens with two attached hydrogens (primary N) is 2. The second-order valence-corrected chi connectivity index (χ2v) is 6.46. The van der Waals surface area contributed by atoms with Gasteiger partial charge in [0.2, 0.25) is 0 Å². The highest BCUT2D eigenvalue weighted by Crippen LogP contribution is 2.35. The summed E-state index contributed by atoms with van der Waals surface area (Å²) >= 11 is 0. The summed E-state index contributed by atoms with van der Waals surface area (Å²) < 4.78 is 5.76. The van der Waals surface area contributed by atoms with Gasteiger partial charge in [0.25, 0.3) is 0 Å². The number of rotatable bonds is 6. The summed E-state index contributed by atoms with van der Waals surface area (Å²) in [5.41, 5.74) is 14.2. The molecule has 0 aliphatic carbocycles. The van der Waals surface area contributed by atoms with Crippen LogP contribution in [0.1, 0.15) is 51.7 Å².